The number of nitrogens with one attached hydrogen (secondary N) is 1. The topological polar surface area (TPSA) is 110 Å². The van der Waals surface area contributed by atoms with Gasteiger partial charge in [-0.2, -0.15) is 5.10 Å². The van der Waals surface area contributed by atoms with Crippen molar-refractivity contribution in [3.63, 3.8) is 0 Å². The number of furan rings is 1. The molecule has 2 saturated heterocycles. The molecule has 1 saturated carbocycles. The van der Waals surface area contributed by atoms with E-state index in [1.54, 1.807) is 43.7 Å². The van der Waals surface area contributed by atoms with Crippen LogP contribution in [0, 0.1) is 32.6 Å². The molecule has 4 atom stereocenters. The van der Waals surface area contributed by atoms with Crippen molar-refractivity contribution >= 4 is 29.2 Å². The molecular weight excluding hydrogens is 570 g/mol. The summed E-state index contributed by atoms with van der Waals surface area (Å²) in [6.07, 6.45) is 1.50. The second-order valence-electron chi connectivity index (χ2n) is 11.9. The number of Topliss-reactive ketones (excluding diaryl/α,β-unsaturated/α-hetero) is 1. The lowest BCUT2D eigenvalue weighted by molar-refractivity contribution is -0.147. The van der Waals surface area contributed by atoms with E-state index in [2.05, 4.69) is 10.4 Å². The van der Waals surface area contributed by atoms with Crippen molar-refractivity contribution in [3.05, 3.63) is 69.4 Å². The van der Waals surface area contributed by atoms with Crippen LogP contribution in [-0.2, 0) is 16.6 Å². The molecule has 3 aromatic rings. The van der Waals surface area contributed by atoms with Crippen LogP contribution in [-0.4, -0.2) is 76.5 Å². The fraction of sp³-hybridized carbons (Fsp3) is 0.500. The maximum absolute atomic E-state index is 14.9. The number of aryl methyl sites for hydroxylation is 4. The van der Waals surface area contributed by atoms with Gasteiger partial charge in [0.05, 0.1) is 30.3 Å². The number of halogens is 1. The van der Waals surface area contributed by atoms with E-state index >= 15 is 0 Å². The third-order valence-electron chi connectivity index (χ3n) is 9.13. The molecule has 0 spiro atoms. The van der Waals surface area contributed by atoms with Gasteiger partial charge in [0.25, 0.3) is 0 Å². The zero-order valence-electron chi connectivity index (χ0n) is 25.2. The maximum Gasteiger partial charge on any atom is 0.246 e. The highest BCUT2D eigenvalue weighted by Crippen LogP contribution is 2.55. The lowest BCUT2D eigenvalue weighted by Gasteiger charge is -2.36. The average Bonchev–Trinajstić information content (AvgIpc) is 3.66. The molecule has 1 aromatic carbocycles. The smallest absolute Gasteiger partial charge is 0.246 e. The number of carbonyl (C=O) groups excluding carboxylic acids is 3. The van der Waals surface area contributed by atoms with Gasteiger partial charge in [-0.3, -0.25) is 19.1 Å². The number of carbonyl (C=O) groups is 3. The van der Waals surface area contributed by atoms with Crippen molar-refractivity contribution in [3.8, 4) is 5.75 Å². The largest absolute Gasteiger partial charge is 0.497 e. The summed E-state index contributed by atoms with van der Waals surface area (Å²) in [6, 6.07) is 7.49. The summed E-state index contributed by atoms with van der Waals surface area (Å²) in [5.41, 5.74) is 2.44. The number of aromatic nitrogens is 2. The molecular formula is C32H38ClN5O5. The summed E-state index contributed by atoms with van der Waals surface area (Å²) < 4.78 is 12.8. The van der Waals surface area contributed by atoms with E-state index in [1.807, 2.05) is 36.1 Å². The Hall–Kier alpha value is -3.63. The van der Waals surface area contributed by atoms with Crippen LogP contribution in [0.1, 0.15) is 63.5 Å². The fourth-order valence-electron chi connectivity index (χ4n) is 6.95. The van der Waals surface area contributed by atoms with E-state index in [4.69, 9.17) is 20.8 Å². The Morgan fingerprint density at radius 1 is 1.05 bits per heavy atom. The molecule has 3 aliphatic rings. The van der Waals surface area contributed by atoms with Gasteiger partial charge in [0, 0.05) is 50.6 Å². The average molecular weight is 608 g/mol. The molecule has 2 aromatic heterocycles. The van der Waals surface area contributed by atoms with Gasteiger partial charge in [0.15, 0.2) is 5.78 Å². The standard InChI is InChI=1S/C32H38ClN5O5/c1-17-16-23(19(3)43-17)29(39)26-25(20-8-10-22(42-5)11-9-20)28(32(41)37-14-12-34-13-15-37)38(31(40)21-6-7-21)27(26)24-18(2)35-36(4)30(24)33/h8-11,16,21,25-28,34H,6-7,12-15H2,1-5H3. The van der Waals surface area contributed by atoms with Gasteiger partial charge in [-0.25, -0.2) is 0 Å². The normalized spacial score (nSPS) is 24.0. The second kappa shape index (κ2) is 11.5. The molecule has 11 heteroatoms. The summed E-state index contributed by atoms with van der Waals surface area (Å²) in [5, 5.41) is 8.23. The zero-order valence-corrected chi connectivity index (χ0v) is 26.0. The fourth-order valence-corrected chi connectivity index (χ4v) is 7.24. The quantitative estimate of drug-likeness (QED) is 0.405. The van der Waals surface area contributed by atoms with Crippen molar-refractivity contribution < 1.29 is 23.5 Å². The van der Waals surface area contributed by atoms with Gasteiger partial charge in [0.1, 0.15) is 28.5 Å². The number of amides is 2. The van der Waals surface area contributed by atoms with Crippen molar-refractivity contribution in [1.82, 2.24) is 24.9 Å². The molecule has 2 aliphatic heterocycles. The van der Waals surface area contributed by atoms with Gasteiger partial charge in [0.2, 0.25) is 11.8 Å². The number of hydrogen-bond donors (Lipinski definition) is 1. The Kier molecular flexibility index (Phi) is 7.85. The van der Waals surface area contributed by atoms with E-state index in [0.29, 0.717) is 65.4 Å². The minimum atomic E-state index is -0.914. The monoisotopic (exact) mass is 607 g/mol. The number of ketones is 1. The number of nitrogens with zero attached hydrogens (tertiary/aromatic N) is 4. The zero-order chi connectivity index (χ0) is 30.6. The van der Waals surface area contributed by atoms with Crippen LogP contribution in [0.5, 0.6) is 5.75 Å². The van der Waals surface area contributed by atoms with Crippen LogP contribution in [0.4, 0.5) is 0 Å². The van der Waals surface area contributed by atoms with E-state index in [9.17, 15) is 14.4 Å². The third kappa shape index (κ3) is 5.14. The summed E-state index contributed by atoms with van der Waals surface area (Å²) in [6.45, 7) is 7.77. The highest BCUT2D eigenvalue weighted by molar-refractivity contribution is 6.30. The SMILES string of the molecule is COc1ccc(C2C(C(=O)c3cc(C)oc3C)C(c3c(C)nn(C)c3Cl)N(C(=O)C3CC3)C2C(=O)N2CCNCC2)cc1. The molecule has 3 fully saturated rings. The predicted molar refractivity (Wildman–Crippen MR) is 160 cm³/mol. The summed E-state index contributed by atoms with van der Waals surface area (Å²) in [4.78, 5) is 47.5. The molecule has 4 heterocycles. The van der Waals surface area contributed by atoms with Crippen LogP contribution >= 0.6 is 11.6 Å². The number of likely N-dealkylation sites (tertiary alicyclic amines) is 1. The Bertz CT molecular complexity index is 1550. The number of benzene rings is 1. The first-order valence-electron chi connectivity index (χ1n) is 14.9. The van der Waals surface area contributed by atoms with Crippen LogP contribution in [0.2, 0.25) is 5.15 Å². The van der Waals surface area contributed by atoms with E-state index < -0.39 is 23.9 Å². The molecule has 4 unspecified atom stereocenters. The predicted octanol–water partition coefficient (Wildman–Crippen LogP) is 3.98. The van der Waals surface area contributed by atoms with Crippen LogP contribution in [0.15, 0.2) is 34.7 Å². The highest BCUT2D eigenvalue weighted by Gasteiger charge is 2.60. The van der Waals surface area contributed by atoms with Gasteiger partial charge < -0.3 is 24.3 Å². The molecule has 6 rings (SSSR count). The molecule has 1 N–H and O–H groups in total. The van der Waals surface area contributed by atoms with E-state index in [0.717, 1.165) is 18.4 Å². The first-order chi connectivity index (χ1) is 20.6. The second-order valence-corrected chi connectivity index (χ2v) is 12.3. The highest BCUT2D eigenvalue weighted by atomic mass is 35.5. The van der Waals surface area contributed by atoms with Crippen molar-refractivity contribution in [2.45, 2.75) is 51.6 Å². The third-order valence-corrected chi connectivity index (χ3v) is 9.58. The number of methoxy groups -OCH3 is 1. The van der Waals surface area contributed by atoms with Gasteiger partial charge in [-0.15, -0.1) is 0 Å². The van der Waals surface area contributed by atoms with E-state index in [1.165, 1.54) is 0 Å². The number of rotatable bonds is 7. The first kappa shape index (κ1) is 29.4. The lowest BCUT2D eigenvalue weighted by Crippen LogP contribution is -2.55. The molecule has 0 bridgehead atoms. The number of piperazine rings is 1. The Morgan fingerprint density at radius 2 is 1.72 bits per heavy atom. The summed E-state index contributed by atoms with van der Waals surface area (Å²) in [5.74, 6) is -0.371. The van der Waals surface area contributed by atoms with Crippen molar-refractivity contribution in [1.29, 1.82) is 0 Å². The molecule has 228 valence electrons. The molecule has 1 aliphatic carbocycles. The van der Waals surface area contributed by atoms with Gasteiger partial charge >= 0.3 is 0 Å². The number of hydrogen-bond acceptors (Lipinski definition) is 7. The summed E-state index contributed by atoms with van der Waals surface area (Å²) in [7, 11) is 3.34. The molecule has 10 nitrogen and oxygen atoms in total. The Balaban J connectivity index is 1.62. The van der Waals surface area contributed by atoms with E-state index in [-0.39, 0.29) is 23.5 Å². The minimum Gasteiger partial charge on any atom is -0.497 e. The maximum atomic E-state index is 14.9. The number of ether oxygens (including phenoxy) is 1. The Morgan fingerprint density at radius 3 is 2.26 bits per heavy atom. The van der Waals surface area contributed by atoms with Crippen LogP contribution in [0.25, 0.3) is 0 Å². The van der Waals surface area contributed by atoms with Crippen LogP contribution < -0.4 is 10.1 Å². The Labute approximate surface area is 256 Å². The summed E-state index contributed by atoms with van der Waals surface area (Å²) >= 11 is 6.93. The first-order valence-corrected chi connectivity index (χ1v) is 15.3. The minimum absolute atomic E-state index is 0.119. The molecule has 43 heavy (non-hydrogen) atoms. The van der Waals surface area contributed by atoms with Crippen LogP contribution in [0.3, 0.4) is 0 Å². The van der Waals surface area contributed by atoms with Gasteiger partial charge in [-0.1, -0.05) is 23.7 Å². The molecule has 0 radical (unpaired) electrons. The van der Waals surface area contributed by atoms with Gasteiger partial charge in [-0.05, 0) is 57.4 Å². The van der Waals surface area contributed by atoms with Crippen molar-refractivity contribution in [2.24, 2.45) is 18.9 Å². The molecule has 2 amide bonds. The lowest BCUT2D eigenvalue weighted by atomic mass is 9.76. The van der Waals surface area contributed by atoms with Crippen molar-refractivity contribution in [2.75, 3.05) is 33.3 Å².